The minimum absolute atomic E-state index is 0.141. The molecule has 0 aliphatic carbocycles. The van der Waals surface area contributed by atoms with E-state index in [0.717, 1.165) is 5.01 Å². The number of likely N-dealkylation sites (N-methyl/N-ethyl adjacent to an activating group) is 1. The minimum atomic E-state index is -0.569. The van der Waals surface area contributed by atoms with Gasteiger partial charge < -0.3 is 14.4 Å². The fraction of sp³-hybridized carbons (Fsp3) is 0.353. The summed E-state index contributed by atoms with van der Waals surface area (Å²) in [6.45, 7) is 3.31. The maximum absolute atomic E-state index is 13.7. The molecule has 0 bridgehead atoms. The standard InChI is InChI=1S/C17H19FN2O4S/c1-10-16(25-11(2)19-10)17(22)24-9-15(21)20(3)8-12-5-6-14(23-4)13(18)7-12/h5-7H,8-9H2,1-4H3. The maximum Gasteiger partial charge on any atom is 0.350 e. The number of aryl methyl sites for hydroxylation is 2. The van der Waals surface area contributed by atoms with Gasteiger partial charge in [0.25, 0.3) is 5.91 Å². The van der Waals surface area contributed by atoms with Gasteiger partial charge in [0.2, 0.25) is 0 Å². The van der Waals surface area contributed by atoms with E-state index < -0.39 is 11.8 Å². The van der Waals surface area contributed by atoms with Crippen molar-refractivity contribution >= 4 is 23.2 Å². The molecule has 0 spiro atoms. The third-order valence-corrected chi connectivity index (χ3v) is 4.53. The first-order chi connectivity index (χ1) is 11.8. The van der Waals surface area contributed by atoms with Crippen LogP contribution in [0, 0.1) is 19.7 Å². The number of hydrogen-bond acceptors (Lipinski definition) is 6. The van der Waals surface area contributed by atoms with Crippen LogP contribution in [-0.4, -0.2) is 42.5 Å². The van der Waals surface area contributed by atoms with Crippen LogP contribution < -0.4 is 4.74 Å². The fourth-order valence-corrected chi connectivity index (χ4v) is 3.01. The zero-order valence-corrected chi connectivity index (χ0v) is 15.3. The quantitative estimate of drug-likeness (QED) is 0.736. The molecule has 1 aromatic heterocycles. The number of methoxy groups -OCH3 is 1. The lowest BCUT2D eigenvalue weighted by molar-refractivity contribution is -0.133. The maximum atomic E-state index is 13.7. The summed E-state index contributed by atoms with van der Waals surface area (Å²) in [6.07, 6.45) is 0. The molecule has 8 heteroatoms. The number of rotatable bonds is 6. The molecule has 2 rings (SSSR count). The van der Waals surface area contributed by atoms with Crippen molar-refractivity contribution in [3.05, 3.63) is 45.2 Å². The molecule has 6 nitrogen and oxygen atoms in total. The van der Waals surface area contributed by atoms with Crippen molar-refractivity contribution in [2.24, 2.45) is 0 Å². The van der Waals surface area contributed by atoms with Gasteiger partial charge in [-0.25, -0.2) is 14.2 Å². The summed E-state index contributed by atoms with van der Waals surface area (Å²) in [5.41, 5.74) is 1.19. The van der Waals surface area contributed by atoms with Gasteiger partial charge in [-0.1, -0.05) is 6.07 Å². The number of aromatic nitrogens is 1. The SMILES string of the molecule is COc1ccc(CN(C)C(=O)COC(=O)c2sc(C)nc2C)cc1F. The summed E-state index contributed by atoms with van der Waals surface area (Å²) < 4.78 is 23.6. The Hall–Kier alpha value is -2.48. The van der Waals surface area contributed by atoms with Crippen molar-refractivity contribution < 1.29 is 23.5 Å². The normalized spacial score (nSPS) is 10.4. The van der Waals surface area contributed by atoms with Crippen LogP contribution in [0.2, 0.25) is 0 Å². The predicted molar refractivity (Wildman–Crippen MR) is 91.3 cm³/mol. The summed E-state index contributed by atoms with van der Waals surface area (Å²) in [7, 11) is 2.94. The van der Waals surface area contributed by atoms with Crippen molar-refractivity contribution in [3.63, 3.8) is 0 Å². The van der Waals surface area contributed by atoms with Crippen molar-refractivity contribution in [2.45, 2.75) is 20.4 Å². The first kappa shape index (κ1) is 18.9. The molecule has 0 radical (unpaired) electrons. The zero-order chi connectivity index (χ0) is 18.6. The second-order valence-corrected chi connectivity index (χ2v) is 6.65. The number of esters is 1. The van der Waals surface area contributed by atoms with Crippen molar-refractivity contribution in [1.82, 2.24) is 9.88 Å². The molecular weight excluding hydrogens is 347 g/mol. The molecular formula is C17H19FN2O4S. The molecule has 134 valence electrons. The van der Waals surface area contributed by atoms with Crippen molar-refractivity contribution in [3.8, 4) is 5.75 Å². The van der Waals surface area contributed by atoms with E-state index >= 15 is 0 Å². The van der Waals surface area contributed by atoms with Gasteiger partial charge in [-0.2, -0.15) is 0 Å². The number of carbonyl (C=O) groups excluding carboxylic acids is 2. The third-order valence-electron chi connectivity index (χ3n) is 3.48. The molecule has 0 N–H and O–H groups in total. The first-order valence-electron chi connectivity index (χ1n) is 7.49. The molecule has 1 aromatic carbocycles. The smallest absolute Gasteiger partial charge is 0.350 e. The number of halogens is 1. The Morgan fingerprint density at radius 2 is 2.04 bits per heavy atom. The second-order valence-electron chi connectivity index (χ2n) is 5.44. The lowest BCUT2D eigenvalue weighted by atomic mass is 10.2. The van der Waals surface area contributed by atoms with Gasteiger partial charge in [-0.3, -0.25) is 4.79 Å². The van der Waals surface area contributed by atoms with Gasteiger partial charge in [0.1, 0.15) is 4.88 Å². The summed E-state index contributed by atoms with van der Waals surface area (Å²) in [4.78, 5) is 30.0. The lowest BCUT2D eigenvalue weighted by Gasteiger charge is -2.17. The van der Waals surface area contributed by atoms with Crippen LogP contribution in [0.1, 0.15) is 25.9 Å². The highest BCUT2D eigenvalue weighted by atomic mass is 32.1. The Balaban J connectivity index is 1.91. The number of hydrogen-bond donors (Lipinski definition) is 0. The number of ether oxygens (including phenoxy) is 2. The highest BCUT2D eigenvalue weighted by Gasteiger charge is 2.18. The van der Waals surface area contributed by atoms with Gasteiger partial charge in [-0.05, 0) is 31.5 Å². The topological polar surface area (TPSA) is 68.7 Å². The molecule has 0 saturated carbocycles. The van der Waals surface area contributed by atoms with Crippen LogP contribution >= 0.6 is 11.3 Å². The molecule has 1 heterocycles. The van der Waals surface area contributed by atoms with E-state index in [-0.39, 0.29) is 24.8 Å². The molecule has 0 aliphatic heterocycles. The zero-order valence-electron chi connectivity index (χ0n) is 14.5. The number of carbonyl (C=O) groups is 2. The van der Waals surface area contributed by atoms with E-state index in [2.05, 4.69) is 4.98 Å². The highest BCUT2D eigenvalue weighted by molar-refractivity contribution is 7.13. The Bertz CT molecular complexity index is 791. The van der Waals surface area contributed by atoms with Gasteiger partial charge in [0, 0.05) is 13.6 Å². The number of thiazole rings is 1. The van der Waals surface area contributed by atoms with Gasteiger partial charge >= 0.3 is 5.97 Å². The Morgan fingerprint density at radius 3 is 2.60 bits per heavy atom. The molecule has 1 amide bonds. The summed E-state index contributed by atoms with van der Waals surface area (Å²) in [5.74, 6) is -1.31. The fourth-order valence-electron chi connectivity index (χ4n) is 2.19. The highest BCUT2D eigenvalue weighted by Crippen LogP contribution is 2.19. The van der Waals surface area contributed by atoms with Gasteiger partial charge in [0.05, 0.1) is 17.8 Å². The van der Waals surface area contributed by atoms with Crippen LogP contribution in [0.25, 0.3) is 0 Å². The minimum Gasteiger partial charge on any atom is -0.494 e. The summed E-state index contributed by atoms with van der Waals surface area (Å²) in [5, 5.41) is 0.759. The number of nitrogens with zero attached hydrogens (tertiary/aromatic N) is 2. The van der Waals surface area contributed by atoms with Crippen molar-refractivity contribution in [1.29, 1.82) is 0 Å². The number of amides is 1. The van der Waals surface area contributed by atoms with E-state index in [1.54, 1.807) is 27.0 Å². The largest absolute Gasteiger partial charge is 0.494 e. The molecule has 0 aliphatic rings. The molecule has 0 fully saturated rings. The average molecular weight is 366 g/mol. The molecule has 0 atom stereocenters. The van der Waals surface area contributed by atoms with E-state index in [0.29, 0.717) is 16.1 Å². The lowest BCUT2D eigenvalue weighted by Crippen LogP contribution is -2.30. The van der Waals surface area contributed by atoms with E-state index in [4.69, 9.17) is 9.47 Å². The van der Waals surface area contributed by atoms with E-state index in [1.165, 1.54) is 35.5 Å². The molecule has 0 saturated heterocycles. The van der Waals surface area contributed by atoms with Crippen LogP contribution in [-0.2, 0) is 16.1 Å². The van der Waals surface area contributed by atoms with Crippen LogP contribution in [0.3, 0.4) is 0 Å². The van der Waals surface area contributed by atoms with Crippen molar-refractivity contribution in [2.75, 3.05) is 20.8 Å². The summed E-state index contributed by atoms with van der Waals surface area (Å²) in [6, 6.07) is 4.47. The van der Waals surface area contributed by atoms with Crippen LogP contribution in [0.4, 0.5) is 4.39 Å². The molecule has 2 aromatic rings. The average Bonchev–Trinajstić information content (AvgIpc) is 2.91. The molecule has 0 unspecified atom stereocenters. The van der Waals surface area contributed by atoms with Gasteiger partial charge in [-0.15, -0.1) is 11.3 Å². The van der Waals surface area contributed by atoms with E-state index in [9.17, 15) is 14.0 Å². The van der Waals surface area contributed by atoms with Crippen LogP contribution in [0.15, 0.2) is 18.2 Å². The van der Waals surface area contributed by atoms with Crippen LogP contribution in [0.5, 0.6) is 5.75 Å². The third kappa shape index (κ3) is 4.76. The Kier molecular flexibility index (Phi) is 6.08. The Morgan fingerprint density at radius 1 is 1.32 bits per heavy atom. The number of benzene rings is 1. The first-order valence-corrected chi connectivity index (χ1v) is 8.31. The van der Waals surface area contributed by atoms with E-state index in [1.807, 2.05) is 0 Å². The second kappa shape index (κ2) is 8.06. The predicted octanol–water partition coefficient (Wildman–Crippen LogP) is 2.72. The Labute approximate surface area is 149 Å². The summed E-state index contributed by atoms with van der Waals surface area (Å²) >= 11 is 1.23. The monoisotopic (exact) mass is 366 g/mol. The molecule has 25 heavy (non-hydrogen) atoms. The van der Waals surface area contributed by atoms with Gasteiger partial charge in [0.15, 0.2) is 18.2 Å².